The van der Waals surface area contributed by atoms with Gasteiger partial charge in [-0.3, -0.25) is 0 Å². The second-order valence-electron chi connectivity index (χ2n) is 7.46. The molecule has 2 aliphatic carbocycles. The Labute approximate surface area is 132 Å². The smallest absolute Gasteiger partial charge is 0.331 e. The van der Waals surface area contributed by atoms with Crippen LogP contribution in [0.2, 0.25) is 0 Å². The van der Waals surface area contributed by atoms with Crippen LogP contribution in [0.25, 0.3) is 6.08 Å². The lowest BCUT2D eigenvalue weighted by Gasteiger charge is -2.38. The van der Waals surface area contributed by atoms with Gasteiger partial charge in [-0.25, -0.2) is 4.79 Å². The lowest BCUT2D eigenvalue weighted by atomic mass is 9.70. The zero-order chi connectivity index (χ0) is 16.0. The van der Waals surface area contributed by atoms with Gasteiger partial charge < -0.3 is 9.84 Å². The van der Waals surface area contributed by atoms with Gasteiger partial charge in [-0.1, -0.05) is 32.9 Å². The van der Waals surface area contributed by atoms with Crippen molar-refractivity contribution in [3.05, 3.63) is 35.9 Å². The summed E-state index contributed by atoms with van der Waals surface area (Å²) < 4.78 is 5.75. The van der Waals surface area contributed by atoms with Gasteiger partial charge in [0.25, 0.3) is 0 Å². The predicted octanol–water partition coefficient (Wildman–Crippen LogP) is 4.16. The summed E-state index contributed by atoms with van der Waals surface area (Å²) >= 11 is 0. The van der Waals surface area contributed by atoms with Crippen molar-refractivity contribution >= 4 is 12.0 Å². The van der Waals surface area contributed by atoms with Crippen LogP contribution in [0.5, 0.6) is 5.75 Å². The third-order valence-electron chi connectivity index (χ3n) is 6.28. The van der Waals surface area contributed by atoms with Crippen molar-refractivity contribution in [3.63, 3.8) is 0 Å². The molecular formula is C19H24O3. The van der Waals surface area contributed by atoms with Gasteiger partial charge in [0, 0.05) is 11.5 Å². The van der Waals surface area contributed by atoms with Crippen LogP contribution in [0, 0.1) is 16.7 Å². The molecule has 22 heavy (non-hydrogen) atoms. The van der Waals surface area contributed by atoms with Crippen LogP contribution in [0.4, 0.5) is 0 Å². The fraction of sp³-hybridized carbons (Fsp3) is 0.526. The molecule has 0 saturated heterocycles. The number of hydrogen-bond acceptors (Lipinski definition) is 3. The molecule has 1 aromatic rings. The van der Waals surface area contributed by atoms with Crippen LogP contribution in [0.1, 0.15) is 45.6 Å². The molecule has 3 rings (SSSR count). The van der Waals surface area contributed by atoms with E-state index in [1.54, 1.807) is 30.3 Å². The Morgan fingerprint density at radius 1 is 1.27 bits per heavy atom. The molecule has 1 aromatic carbocycles. The fourth-order valence-electron chi connectivity index (χ4n) is 4.24. The highest BCUT2D eigenvalue weighted by molar-refractivity contribution is 5.87. The molecule has 3 heteroatoms. The molecule has 0 spiro atoms. The van der Waals surface area contributed by atoms with E-state index in [0.29, 0.717) is 5.92 Å². The number of phenolic OH excluding ortho intramolecular Hbond substituents is 1. The molecule has 2 saturated carbocycles. The number of benzene rings is 1. The van der Waals surface area contributed by atoms with Gasteiger partial charge in [0.1, 0.15) is 11.9 Å². The summed E-state index contributed by atoms with van der Waals surface area (Å²) in [7, 11) is 0. The van der Waals surface area contributed by atoms with E-state index >= 15 is 0 Å². The van der Waals surface area contributed by atoms with E-state index in [-0.39, 0.29) is 28.7 Å². The van der Waals surface area contributed by atoms with Crippen LogP contribution >= 0.6 is 0 Å². The maximum atomic E-state index is 12.1. The lowest BCUT2D eigenvalue weighted by Crippen LogP contribution is -2.38. The fourth-order valence-corrected chi connectivity index (χ4v) is 4.24. The molecule has 2 fully saturated rings. The number of carbonyl (C=O) groups excluding carboxylic acids is 1. The number of aromatic hydroxyl groups is 1. The number of hydrogen-bond donors (Lipinski definition) is 1. The molecule has 0 unspecified atom stereocenters. The van der Waals surface area contributed by atoms with E-state index < -0.39 is 0 Å². The normalized spacial score (nSPS) is 32.5. The Kier molecular flexibility index (Phi) is 3.54. The second-order valence-corrected chi connectivity index (χ2v) is 7.46. The van der Waals surface area contributed by atoms with Crippen LogP contribution in [-0.4, -0.2) is 17.2 Å². The van der Waals surface area contributed by atoms with Gasteiger partial charge in [0.15, 0.2) is 0 Å². The van der Waals surface area contributed by atoms with Gasteiger partial charge >= 0.3 is 5.97 Å². The third kappa shape index (κ3) is 2.33. The molecule has 0 amide bonds. The van der Waals surface area contributed by atoms with E-state index in [1.165, 1.54) is 12.5 Å². The van der Waals surface area contributed by atoms with Gasteiger partial charge in [0.05, 0.1) is 0 Å². The van der Waals surface area contributed by atoms with Gasteiger partial charge in [-0.2, -0.15) is 0 Å². The van der Waals surface area contributed by atoms with Crippen molar-refractivity contribution < 1.29 is 14.6 Å². The average Bonchev–Trinajstić information content (AvgIpc) is 2.80. The highest BCUT2D eigenvalue weighted by Crippen LogP contribution is 2.66. The van der Waals surface area contributed by atoms with Crippen LogP contribution in [-0.2, 0) is 9.53 Å². The Balaban J connectivity index is 1.65. The minimum Gasteiger partial charge on any atom is -0.508 e. The summed E-state index contributed by atoms with van der Waals surface area (Å²) in [5.41, 5.74) is 1.22. The molecule has 118 valence electrons. The summed E-state index contributed by atoms with van der Waals surface area (Å²) in [5.74, 6) is 0.607. The van der Waals surface area contributed by atoms with Gasteiger partial charge in [-0.15, -0.1) is 0 Å². The van der Waals surface area contributed by atoms with E-state index in [1.807, 2.05) is 0 Å². The topological polar surface area (TPSA) is 46.5 Å². The Morgan fingerprint density at radius 2 is 1.95 bits per heavy atom. The molecular weight excluding hydrogens is 276 g/mol. The average molecular weight is 300 g/mol. The van der Waals surface area contributed by atoms with E-state index in [9.17, 15) is 9.90 Å². The van der Waals surface area contributed by atoms with Crippen LogP contribution < -0.4 is 0 Å². The Hall–Kier alpha value is -1.77. The number of carbonyl (C=O) groups is 1. The zero-order valence-corrected chi connectivity index (χ0v) is 13.5. The first kappa shape index (κ1) is 15.1. The van der Waals surface area contributed by atoms with E-state index in [2.05, 4.69) is 20.8 Å². The number of phenols is 1. The van der Waals surface area contributed by atoms with Crippen LogP contribution in [0.3, 0.4) is 0 Å². The van der Waals surface area contributed by atoms with Crippen molar-refractivity contribution in [1.29, 1.82) is 0 Å². The molecule has 2 bridgehead atoms. The maximum Gasteiger partial charge on any atom is 0.331 e. The zero-order valence-electron chi connectivity index (χ0n) is 13.5. The SMILES string of the molecule is CC1(C)[C@H]2CC[C@@]1(C)[C@H](OC(=O)/C=C/c1ccc(O)cc1)C2. The molecule has 2 aliphatic rings. The first-order valence-corrected chi connectivity index (χ1v) is 8.01. The van der Waals surface area contributed by atoms with Gasteiger partial charge in [-0.05, 0) is 54.4 Å². The summed E-state index contributed by atoms with van der Waals surface area (Å²) in [4.78, 5) is 12.1. The highest BCUT2D eigenvalue weighted by atomic mass is 16.5. The van der Waals surface area contributed by atoms with E-state index in [0.717, 1.165) is 18.4 Å². The third-order valence-corrected chi connectivity index (χ3v) is 6.28. The number of rotatable bonds is 3. The predicted molar refractivity (Wildman–Crippen MR) is 86.2 cm³/mol. The highest BCUT2D eigenvalue weighted by Gasteiger charge is 2.62. The lowest BCUT2D eigenvalue weighted by molar-refractivity contribution is -0.150. The molecule has 0 heterocycles. The largest absolute Gasteiger partial charge is 0.508 e. The quantitative estimate of drug-likeness (QED) is 0.673. The summed E-state index contributed by atoms with van der Waals surface area (Å²) in [5, 5.41) is 9.25. The van der Waals surface area contributed by atoms with E-state index in [4.69, 9.17) is 4.74 Å². The number of esters is 1. The van der Waals surface area contributed by atoms with Crippen molar-refractivity contribution in [2.45, 2.75) is 46.1 Å². The molecule has 3 atom stereocenters. The maximum absolute atomic E-state index is 12.1. The number of fused-ring (bicyclic) bond motifs is 2. The molecule has 0 radical (unpaired) electrons. The minimum absolute atomic E-state index is 0.0261. The summed E-state index contributed by atoms with van der Waals surface area (Å²) in [6.45, 7) is 6.89. The van der Waals surface area contributed by atoms with Crippen LogP contribution in [0.15, 0.2) is 30.3 Å². The molecule has 1 N–H and O–H groups in total. The van der Waals surface area contributed by atoms with Crippen molar-refractivity contribution in [2.24, 2.45) is 16.7 Å². The van der Waals surface area contributed by atoms with Crippen molar-refractivity contribution in [3.8, 4) is 5.75 Å². The second kappa shape index (κ2) is 5.15. The Morgan fingerprint density at radius 3 is 2.50 bits per heavy atom. The summed E-state index contributed by atoms with van der Waals surface area (Å²) in [6.07, 6.45) is 6.61. The number of ether oxygens (including phenoxy) is 1. The minimum atomic E-state index is -0.275. The molecule has 0 aliphatic heterocycles. The first-order valence-electron chi connectivity index (χ1n) is 8.01. The molecule has 3 nitrogen and oxygen atoms in total. The summed E-state index contributed by atoms with van der Waals surface area (Å²) in [6, 6.07) is 6.73. The Bertz CT molecular complexity index is 600. The standard InChI is InChI=1S/C19H24O3/c1-18(2)14-10-11-19(18,3)16(12-14)22-17(21)9-6-13-4-7-15(20)8-5-13/h4-9,14,16,20H,10-12H2,1-3H3/b9-6+/t14-,16+,19-/m0/s1. The van der Waals surface area contributed by atoms with Gasteiger partial charge in [0.2, 0.25) is 0 Å². The van der Waals surface area contributed by atoms with Crippen molar-refractivity contribution in [1.82, 2.24) is 0 Å². The molecule has 0 aromatic heterocycles. The monoisotopic (exact) mass is 300 g/mol. The first-order chi connectivity index (χ1) is 10.3. The van der Waals surface area contributed by atoms with Crippen molar-refractivity contribution in [2.75, 3.05) is 0 Å².